The predicted octanol–water partition coefficient (Wildman–Crippen LogP) is 1.39. The van der Waals surface area contributed by atoms with E-state index in [1.165, 1.54) is 0 Å². The molecule has 1 aliphatic rings. The summed E-state index contributed by atoms with van der Waals surface area (Å²) in [5.41, 5.74) is 5.61. The highest BCUT2D eigenvalue weighted by molar-refractivity contribution is 9.11. The van der Waals surface area contributed by atoms with Crippen molar-refractivity contribution in [3.8, 4) is 0 Å². The largest absolute Gasteiger partial charge is 0.351 e. The summed E-state index contributed by atoms with van der Waals surface area (Å²) in [4.78, 5) is 11.7. The van der Waals surface area contributed by atoms with E-state index >= 15 is 0 Å². The molecule has 0 saturated heterocycles. The number of carbonyl (C=O) groups is 1. The van der Waals surface area contributed by atoms with E-state index in [2.05, 4.69) is 27.8 Å². The zero-order chi connectivity index (χ0) is 10.6. The number of rotatable bonds is 4. The maximum atomic E-state index is 11.7. The summed E-state index contributed by atoms with van der Waals surface area (Å²) in [5.74, 6) is 0.615. The van der Waals surface area contributed by atoms with Crippen LogP contribution in [0.1, 0.15) is 19.3 Å². The molecule has 1 saturated carbocycles. The molecule has 1 aliphatic carbocycles. The van der Waals surface area contributed by atoms with Gasteiger partial charge in [0.05, 0.1) is 0 Å². The van der Waals surface area contributed by atoms with Gasteiger partial charge in [-0.25, -0.2) is 0 Å². The van der Waals surface area contributed by atoms with E-state index in [0.29, 0.717) is 19.0 Å². The first-order valence-electron chi connectivity index (χ1n) is 4.96. The third kappa shape index (κ3) is 3.10. The van der Waals surface area contributed by atoms with Crippen molar-refractivity contribution in [2.45, 2.75) is 19.3 Å². The smallest absolute Gasteiger partial charge is 0.223 e. The Morgan fingerprint density at radius 3 is 2.86 bits per heavy atom. The molecule has 0 bridgehead atoms. The van der Waals surface area contributed by atoms with Crippen LogP contribution in [0, 0.1) is 11.8 Å². The first-order chi connectivity index (χ1) is 6.65. The fraction of sp³-hybridized carbons (Fsp3) is 0.700. The van der Waals surface area contributed by atoms with Crippen LogP contribution in [-0.4, -0.2) is 19.0 Å². The number of nitrogens with one attached hydrogen (secondary N) is 1. The average Bonchev–Trinajstić information content (AvgIpc) is 2.61. The Hall–Kier alpha value is -0.350. The highest BCUT2D eigenvalue weighted by Crippen LogP contribution is 2.30. The third-order valence-corrected chi connectivity index (χ3v) is 3.03. The lowest BCUT2D eigenvalue weighted by Crippen LogP contribution is -2.35. The summed E-state index contributed by atoms with van der Waals surface area (Å²) >= 11 is 3.21. The minimum Gasteiger partial charge on any atom is -0.351 e. The molecule has 0 radical (unpaired) electrons. The molecule has 2 unspecified atom stereocenters. The Kier molecular flexibility index (Phi) is 4.62. The second kappa shape index (κ2) is 5.51. The second-order valence-electron chi connectivity index (χ2n) is 3.77. The minimum absolute atomic E-state index is 0.117. The van der Waals surface area contributed by atoms with Gasteiger partial charge in [0.1, 0.15) is 0 Å². The van der Waals surface area contributed by atoms with Gasteiger partial charge in [-0.05, 0) is 25.3 Å². The highest BCUT2D eigenvalue weighted by Gasteiger charge is 2.31. The molecule has 0 aliphatic heterocycles. The molecule has 0 aromatic heterocycles. The van der Waals surface area contributed by atoms with Gasteiger partial charge in [-0.3, -0.25) is 4.79 Å². The van der Waals surface area contributed by atoms with E-state index < -0.39 is 0 Å². The van der Waals surface area contributed by atoms with Crippen molar-refractivity contribution in [2.24, 2.45) is 17.6 Å². The SMILES string of the molecule is C=C(Br)CNC(=O)C1CCCC1CN. The van der Waals surface area contributed by atoms with E-state index in [1.54, 1.807) is 0 Å². The highest BCUT2D eigenvalue weighted by atomic mass is 79.9. The maximum Gasteiger partial charge on any atom is 0.223 e. The zero-order valence-corrected chi connectivity index (χ0v) is 9.85. The maximum absolute atomic E-state index is 11.7. The lowest BCUT2D eigenvalue weighted by atomic mass is 9.95. The molecule has 2 atom stereocenters. The molecular formula is C10H17BrN2O. The molecule has 0 aromatic rings. The van der Waals surface area contributed by atoms with Crippen LogP contribution in [0.2, 0.25) is 0 Å². The van der Waals surface area contributed by atoms with Gasteiger partial charge in [0.15, 0.2) is 0 Å². The summed E-state index contributed by atoms with van der Waals surface area (Å²) < 4.78 is 0.799. The molecular weight excluding hydrogens is 244 g/mol. The van der Waals surface area contributed by atoms with Gasteiger partial charge in [0.25, 0.3) is 0 Å². The quantitative estimate of drug-likeness (QED) is 0.803. The van der Waals surface area contributed by atoms with Crippen molar-refractivity contribution in [1.29, 1.82) is 0 Å². The molecule has 0 heterocycles. The van der Waals surface area contributed by atoms with Crippen molar-refractivity contribution in [1.82, 2.24) is 5.32 Å². The molecule has 3 N–H and O–H groups in total. The van der Waals surface area contributed by atoms with Crippen LogP contribution >= 0.6 is 15.9 Å². The summed E-state index contributed by atoms with van der Waals surface area (Å²) in [6.07, 6.45) is 3.18. The van der Waals surface area contributed by atoms with Gasteiger partial charge in [-0.15, -0.1) is 0 Å². The van der Waals surface area contributed by atoms with E-state index in [4.69, 9.17) is 5.73 Å². The first kappa shape index (κ1) is 11.7. The van der Waals surface area contributed by atoms with Crippen LogP contribution < -0.4 is 11.1 Å². The molecule has 1 fully saturated rings. The Morgan fingerprint density at radius 1 is 1.57 bits per heavy atom. The standard InChI is InChI=1S/C10H17BrN2O/c1-7(11)6-13-10(14)9-4-2-3-8(9)5-12/h8-9H,1-6,12H2,(H,13,14). The minimum atomic E-state index is 0.117. The molecule has 4 heteroatoms. The van der Waals surface area contributed by atoms with Gasteiger partial charge in [-0.1, -0.05) is 28.9 Å². The Bertz CT molecular complexity index is 230. The van der Waals surface area contributed by atoms with Crippen LogP contribution in [0.5, 0.6) is 0 Å². The molecule has 80 valence electrons. The van der Waals surface area contributed by atoms with Gasteiger partial charge < -0.3 is 11.1 Å². The number of amides is 1. The number of hydrogen-bond acceptors (Lipinski definition) is 2. The number of halogens is 1. The molecule has 3 nitrogen and oxygen atoms in total. The fourth-order valence-corrected chi connectivity index (χ4v) is 2.12. The molecule has 1 amide bonds. The van der Waals surface area contributed by atoms with Crippen LogP contribution in [0.3, 0.4) is 0 Å². The Morgan fingerprint density at radius 2 is 2.29 bits per heavy atom. The lowest BCUT2D eigenvalue weighted by Gasteiger charge is -2.16. The van der Waals surface area contributed by atoms with Crippen LogP contribution in [-0.2, 0) is 4.79 Å². The molecule has 1 rings (SSSR count). The van der Waals surface area contributed by atoms with Crippen molar-refractivity contribution in [3.05, 3.63) is 11.1 Å². The van der Waals surface area contributed by atoms with E-state index in [1.807, 2.05) is 0 Å². The van der Waals surface area contributed by atoms with Crippen LogP contribution in [0.25, 0.3) is 0 Å². The topological polar surface area (TPSA) is 55.1 Å². The first-order valence-corrected chi connectivity index (χ1v) is 5.75. The van der Waals surface area contributed by atoms with Gasteiger partial charge in [0, 0.05) is 16.9 Å². The molecule has 14 heavy (non-hydrogen) atoms. The van der Waals surface area contributed by atoms with E-state index in [-0.39, 0.29) is 11.8 Å². The van der Waals surface area contributed by atoms with E-state index in [0.717, 1.165) is 23.7 Å². The number of carbonyl (C=O) groups excluding carboxylic acids is 1. The summed E-state index contributed by atoms with van der Waals surface area (Å²) in [6.45, 7) is 4.80. The summed E-state index contributed by atoms with van der Waals surface area (Å²) in [7, 11) is 0. The fourth-order valence-electron chi connectivity index (χ4n) is 1.98. The monoisotopic (exact) mass is 260 g/mol. The Balaban J connectivity index is 2.39. The van der Waals surface area contributed by atoms with Gasteiger partial charge in [-0.2, -0.15) is 0 Å². The zero-order valence-electron chi connectivity index (χ0n) is 8.26. The van der Waals surface area contributed by atoms with Gasteiger partial charge >= 0.3 is 0 Å². The van der Waals surface area contributed by atoms with Crippen molar-refractivity contribution in [3.63, 3.8) is 0 Å². The molecule has 0 aromatic carbocycles. The Labute approximate surface area is 93.2 Å². The number of hydrogen-bond donors (Lipinski definition) is 2. The average molecular weight is 261 g/mol. The lowest BCUT2D eigenvalue weighted by molar-refractivity contribution is -0.125. The molecule has 0 spiro atoms. The van der Waals surface area contributed by atoms with Crippen LogP contribution in [0.15, 0.2) is 11.1 Å². The van der Waals surface area contributed by atoms with Crippen molar-refractivity contribution < 1.29 is 4.79 Å². The summed E-state index contributed by atoms with van der Waals surface area (Å²) in [6, 6.07) is 0. The predicted molar refractivity (Wildman–Crippen MR) is 61.0 cm³/mol. The number of nitrogens with two attached hydrogens (primary N) is 1. The van der Waals surface area contributed by atoms with E-state index in [9.17, 15) is 4.79 Å². The summed E-state index contributed by atoms with van der Waals surface area (Å²) in [5, 5.41) is 2.85. The second-order valence-corrected chi connectivity index (χ2v) is 4.89. The van der Waals surface area contributed by atoms with Gasteiger partial charge in [0.2, 0.25) is 5.91 Å². The van der Waals surface area contributed by atoms with Crippen molar-refractivity contribution in [2.75, 3.05) is 13.1 Å². The normalized spacial score (nSPS) is 26.1. The third-order valence-electron chi connectivity index (χ3n) is 2.75. The van der Waals surface area contributed by atoms with Crippen molar-refractivity contribution >= 4 is 21.8 Å². The van der Waals surface area contributed by atoms with Crippen LogP contribution in [0.4, 0.5) is 0 Å².